The molecule has 0 fully saturated rings. The van der Waals surface area contributed by atoms with Crippen LogP contribution in [0.5, 0.6) is 0 Å². The monoisotopic (exact) mass is 183 g/mol. The van der Waals surface area contributed by atoms with Gasteiger partial charge in [-0.15, -0.1) is 11.8 Å². The molecule has 0 aliphatic heterocycles. The van der Waals surface area contributed by atoms with Crippen molar-refractivity contribution in [3.8, 4) is 0 Å². The average molecular weight is 183 g/mol. The lowest BCUT2D eigenvalue weighted by atomic mass is 10.2. The van der Waals surface area contributed by atoms with Crippen LogP contribution in [0.15, 0.2) is 29.2 Å². The van der Waals surface area contributed by atoms with Crippen molar-refractivity contribution in [3.63, 3.8) is 0 Å². The highest BCUT2D eigenvalue weighted by atomic mass is 32.2. The summed E-state index contributed by atoms with van der Waals surface area (Å²) in [5, 5.41) is 8.78. The van der Waals surface area contributed by atoms with Crippen LogP contribution in [-0.2, 0) is 6.61 Å². The van der Waals surface area contributed by atoms with Crippen molar-refractivity contribution in [1.29, 1.82) is 0 Å². The van der Waals surface area contributed by atoms with Crippen molar-refractivity contribution >= 4 is 11.8 Å². The summed E-state index contributed by atoms with van der Waals surface area (Å²) in [4.78, 5) is 1.21. The Kier molecular flexibility index (Phi) is 4.14. The van der Waals surface area contributed by atoms with Crippen molar-refractivity contribution < 1.29 is 5.11 Å². The summed E-state index contributed by atoms with van der Waals surface area (Å²) in [6.45, 7) is 0.814. The maximum Gasteiger partial charge on any atom is 0.0681 e. The summed E-state index contributed by atoms with van der Waals surface area (Å²) in [6.07, 6.45) is 0. The van der Waals surface area contributed by atoms with Crippen molar-refractivity contribution in [2.45, 2.75) is 11.5 Å². The second-order valence-corrected chi connectivity index (χ2v) is 3.61. The van der Waals surface area contributed by atoms with Gasteiger partial charge in [0.1, 0.15) is 0 Å². The zero-order chi connectivity index (χ0) is 8.81. The molecule has 0 atom stereocenters. The van der Waals surface area contributed by atoms with Gasteiger partial charge in [0.05, 0.1) is 6.61 Å². The fourth-order valence-electron chi connectivity index (χ4n) is 0.868. The molecular formula is C9H13NOS. The molecule has 0 unspecified atom stereocenters. The van der Waals surface area contributed by atoms with Crippen LogP contribution in [0.1, 0.15) is 5.56 Å². The predicted octanol–water partition coefficient (Wildman–Crippen LogP) is 1.23. The summed E-state index contributed by atoms with van der Waals surface area (Å²) in [5.41, 5.74) is 6.32. The molecule has 0 spiro atoms. The molecule has 0 saturated heterocycles. The van der Waals surface area contributed by atoms with E-state index in [4.69, 9.17) is 10.8 Å². The van der Waals surface area contributed by atoms with Gasteiger partial charge in [-0.1, -0.05) is 12.1 Å². The summed E-state index contributed by atoms with van der Waals surface area (Å²) < 4.78 is 0. The van der Waals surface area contributed by atoms with E-state index in [9.17, 15) is 0 Å². The van der Waals surface area contributed by atoms with E-state index in [1.807, 2.05) is 24.3 Å². The van der Waals surface area contributed by atoms with Crippen LogP contribution in [0.4, 0.5) is 0 Å². The first-order valence-electron chi connectivity index (χ1n) is 3.89. The molecule has 0 bridgehead atoms. The average Bonchev–Trinajstić information content (AvgIpc) is 2.15. The Morgan fingerprint density at radius 2 is 1.92 bits per heavy atom. The Morgan fingerprint density at radius 1 is 1.25 bits per heavy atom. The minimum Gasteiger partial charge on any atom is -0.392 e. The molecule has 3 heteroatoms. The normalized spacial score (nSPS) is 10.2. The van der Waals surface area contributed by atoms with Crippen molar-refractivity contribution in [2.75, 3.05) is 12.3 Å². The number of hydrogen-bond acceptors (Lipinski definition) is 3. The maximum atomic E-state index is 8.78. The molecule has 1 rings (SSSR count). The van der Waals surface area contributed by atoms with Gasteiger partial charge in [0, 0.05) is 17.2 Å². The Hall–Kier alpha value is -0.510. The Labute approximate surface area is 76.8 Å². The standard InChI is InChI=1S/C9H13NOS/c10-5-6-12-9-3-1-8(7-11)2-4-9/h1-4,11H,5-7,10H2. The molecule has 0 heterocycles. The fourth-order valence-corrected chi connectivity index (χ4v) is 1.55. The van der Waals surface area contributed by atoms with Gasteiger partial charge in [-0.25, -0.2) is 0 Å². The van der Waals surface area contributed by atoms with E-state index in [1.54, 1.807) is 11.8 Å². The van der Waals surface area contributed by atoms with Crippen molar-refractivity contribution in [1.82, 2.24) is 0 Å². The molecule has 0 aromatic heterocycles. The number of aliphatic hydroxyl groups is 1. The van der Waals surface area contributed by atoms with Gasteiger partial charge in [-0.2, -0.15) is 0 Å². The Morgan fingerprint density at radius 3 is 2.42 bits per heavy atom. The van der Waals surface area contributed by atoms with Crippen LogP contribution in [-0.4, -0.2) is 17.4 Å². The van der Waals surface area contributed by atoms with Crippen LogP contribution in [0, 0.1) is 0 Å². The lowest BCUT2D eigenvalue weighted by Gasteiger charge is -2.00. The molecule has 1 aromatic carbocycles. The van der Waals surface area contributed by atoms with Crippen LogP contribution in [0.25, 0.3) is 0 Å². The number of nitrogens with two attached hydrogens (primary N) is 1. The molecule has 1 aromatic rings. The van der Waals surface area contributed by atoms with Gasteiger partial charge in [0.25, 0.3) is 0 Å². The highest BCUT2D eigenvalue weighted by Gasteiger charge is 1.92. The molecule has 0 radical (unpaired) electrons. The Balaban J connectivity index is 2.53. The molecule has 2 nitrogen and oxygen atoms in total. The third kappa shape index (κ3) is 2.85. The van der Waals surface area contributed by atoms with E-state index in [0.717, 1.165) is 11.3 Å². The quantitative estimate of drug-likeness (QED) is 0.690. The first kappa shape index (κ1) is 9.58. The summed E-state index contributed by atoms with van der Waals surface area (Å²) in [7, 11) is 0. The van der Waals surface area contributed by atoms with E-state index < -0.39 is 0 Å². The zero-order valence-electron chi connectivity index (χ0n) is 6.86. The van der Waals surface area contributed by atoms with Crippen LogP contribution < -0.4 is 5.73 Å². The molecule has 0 aliphatic carbocycles. The molecule has 3 N–H and O–H groups in total. The van der Waals surface area contributed by atoms with Crippen LogP contribution in [0.3, 0.4) is 0 Å². The minimum atomic E-state index is 0.113. The highest BCUT2D eigenvalue weighted by Crippen LogP contribution is 2.17. The second-order valence-electron chi connectivity index (χ2n) is 2.44. The van der Waals surface area contributed by atoms with Gasteiger partial charge in [-0.3, -0.25) is 0 Å². The van der Waals surface area contributed by atoms with Gasteiger partial charge in [0.2, 0.25) is 0 Å². The lowest BCUT2D eigenvalue weighted by molar-refractivity contribution is 0.282. The number of hydrogen-bond donors (Lipinski definition) is 2. The van der Waals surface area contributed by atoms with E-state index in [0.29, 0.717) is 6.54 Å². The summed E-state index contributed by atoms with van der Waals surface area (Å²) in [6, 6.07) is 7.87. The van der Waals surface area contributed by atoms with Crippen LogP contribution >= 0.6 is 11.8 Å². The molecule has 0 saturated carbocycles. The zero-order valence-corrected chi connectivity index (χ0v) is 7.68. The van der Waals surface area contributed by atoms with E-state index in [1.165, 1.54) is 4.90 Å². The van der Waals surface area contributed by atoms with E-state index in [2.05, 4.69) is 0 Å². The highest BCUT2D eigenvalue weighted by molar-refractivity contribution is 7.99. The molecule has 0 aliphatic rings. The van der Waals surface area contributed by atoms with Gasteiger partial charge in [-0.05, 0) is 17.7 Å². The molecule has 66 valence electrons. The molecule has 12 heavy (non-hydrogen) atoms. The summed E-state index contributed by atoms with van der Waals surface area (Å²) in [5.74, 6) is 0.943. The van der Waals surface area contributed by atoms with Gasteiger partial charge >= 0.3 is 0 Å². The third-order valence-corrected chi connectivity index (χ3v) is 2.54. The lowest BCUT2D eigenvalue weighted by Crippen LogP contribution is -2.00. The largest absolute Gasteiger partial charge is 0.392 e. The predicted molar refractivity (Wildman–Crippen MR) is 52.1 cm³/mol. The molecular weight excluding hydrogens is 170 g/mol. The SMILES string of the molecule is NCCSc1ccc(CO)cc1. The minimum absolute atomic E-state index is 0.113. The first-order valence-corrected chi connectivity index (χ1v) is 4.88. The number of aliphatic hydroxyl groups excluding tert-OH is 1. The number of thioether (sulfide) groups is 1. The van der Waals surface area contributed by atoms with Gasteiger partial charge < -0.3 is 10.8 Å². The Bertz CT molecular complexity index is 222. The molecule has 0 amide bonds. The smallest absolute Gasteiger partial charge is 0.0681 e. The maximum absolute atomic E-state index is 8.78. The van der Waals surface area contributed by atoms with Crippen molar-refractivity contribution in [3.05, 3.63) is 29.8 Å². The summed E-state index contributed by atoms with van der Waals surface area (Å²) >= 11 is 1.73. The topological polar surface area (TPSA) is 46.2 Å². The first-order chi connectivity index (χ1) is 5.86. The second kappa shape index (κ2) is 5.19. The number of rotatable bonds is 4. The fraction of sp³-hybridized carbons (Fsp3) is 0.333. The van der Waals surface area contributed by atoms with E-state index in [-0.39, 0.29) is 6.61 Å². The van der Waals surface area contributed by atoms with E-state index >= 15 is 0 Å². The van der Waals surface area contributed by atoms with Crippen molar-refractivity contribution in [2.24, 2.45) is 5.73 Å². The third-order valence-electron chi connectivity index (χ3n) is 1.49. The number of benzene rings is 1. The van der Waals surface area contributed by atoms with Gasteiger partial charge in [0.15, 0.2) is 0 Å². The van der Waals surface area contributed by atoms with Crippen LogP contribution in [0.2, 0.25) is 0 Å².